The normalized spacial score (nSPS) is 14.8. The van der Waals surface area contributed by atoms with Gasteiger partial charge < -0.3 is 15.0 Å². The molecule has 1 heterocycles. The molecule has 1 N–H and O–H groups in total. The second-order valence-corrected chi connectivity index (χ2v) is 7.92. The molecule has 3 rings (SSSR count). The van der Waals surface area contributed by atoms with Gasteiger partial charge in [-0.2, -0.15) is 0 Å². The molecule has 0 bridgehead atoms. The molecule has 0 aromatic heterocycles. The van der Waals surface area contributed by atoms with Gasteiger partial charge in [0.15, 0.2) is 0 Å². The Morgan fingerprint density at radius 1 is 1.00 bits per heavy atom. The van der Waals surface area contributed by atoms with Gasteiger partial charge in [-0.05, 0) is 30.3 Å². The van der Waals surface area contributed by atoms with E-state index in [0.717, 1.165) is 37.6 Å². The van der Waals surface area contributed by atoms with Crippen LogP contribution >= 0.6 is 46.4 Å². The molecule has 1 aliphatic rings. The highest BCUT2D eigenvalue weighted by molar-refractivity contribution is 6.50. The number of hydrogen-bond donors (Lipinski definition) is 1. The van der Waals surface area contributed by atoms with Gasteiger partial charge in [0.1, 0.15) is 5.75 Å². The molecular weight excluding hydrogens is 444 g/mol. The quantitative estimate of drug-likeness (QED) is 0.630. The largest absolute Gasteiger partial charge is 0.497 e. The minimum atomic E-state index is -0.222. The molecule has 0 aliphatic carbocycles. The van der Waals surface area contributed by atoms with Crippen molar-refractivity contribution in [2.24, 2.45) is 0 Å². The molecule has 0 spiro atoms. The number of rotatable bonds is 5. The summed E-state index contributed by atoms with van der Waals surface area (Å²) in [6.45, 7) is 3.40. The van der Waals surface area contributed by atoms with Gasteiger partial charge in [0, 0.05) is 31.9 Å². The van der Waals surface area contributed by atoms with Crippen molar-refractivity contribution < 1.29 is 9.53 Å². The molecule has 5 nitrogen and oxygen atoms in total. The Bertz CT molecular complexity index is 827. The van der Waals surface area contributed by atoms with E-state index in [2.05, 4.69) is 15.1 Å². The highest BCUT2D eigenvalue weighted by Crippen LogP contribution is 2.41. The molecule has 150 valence electrons. The third-order valence-electron chi connectivity index (χ3n) is 4.55. The Kier molecular flexibility index (Phi) is 7.18. The van der Waals surface area contributed by atoms with Gasteiger partial charge in [-0.25, -0.2) is 0 Å². The van der Waals surface area contributed by atoms with Crippen molar-refractivity contribution in [2.75, 3.05) is 50.1 Å². The first-order valence-corrected chi connectivity index (χ1v) is 10.1. The maximum Gasteiger partial charge on any atom is 0.238 e. The molecular formula is C19H19Cl4N3O2. The summed E-state index contributed by atoms with van der Waals surface area (Å²) in [6.07, 6.45) is 0. The van der Waals surface area contributed by atoms with E-state index in [1.54, 1.807) is 7.11 Å². The van der Waals surface area contributed by atoms with E-state index in [-0.39, 0.29) is 38.2 Å². The lowest BCUT2D eigenvalue weighted by molar-refractivity contribution is -0.117. The zero-order valence-corrected chi connectivity index (χ0v) is 18.2. The van der Waals surface area contributed by atoms with Gasteiger partial charge >= 0.3 is 0 Å². The fourth-order valence-electron chi connectivity index (χ4n) is 3.02. The van der Waals surface area contributed by atoms with Gasteiger partial charge in [-0.1, -0.05) is 46.4 Å². The molecule has 0 unspecified atom stereocenters. The number of halogens is 4. The Balaban J connectivity index is 1.55. The molecule has 1 amide bonds. The number of methoxy groups -OCH3 is 1. The molecule has 28 heavy (non-hydrogen) atoms. The maximum absolute atomic E-state index is 12.4. The van der Waals surface area contributed by atoms with Crippen LogP contribution in [0.15, 0.2) is 30.3 Å². The summed E-state index contributed by atoms with van der Waals surface area (Å²) in [6, 6.07) is 9.40. The summed E-state index contributed by atoms with van der Waals surface area (Å²) in [5.41, 5.74) is 1.37. The minimum Gasteiger partial charge on any atom is -0.497 e. The molecule has 1 aliphatic heterocycles. The number of amides is 1. The number of anilines is 2. The van der Waals surface area contributed by atoms with Crippen LogP contribution in [-0.4, -0.2) is 50.6 Å². The molecule has 0 saturated carbocycles. The van der Waals surface area contributed by atoms with Gasteiger partial charge in [0.25, 0.3) is 0 Å². The van der Waals surface area contributed by atoms with Crippen molar-refractivity contribution in [1.29, 1.82) is 0 Å². The van der Waals surface area contributed by atoms with Crippen LogP contribution in [0.5, 0.6) is 5.75 Å². The molecule has 0 atom stereocenters. The number of carbonyl (C=O) groups excluding carboxylic acids is 1. The lowest BCUT2D eigenvalue weighted by Gasteiger charge is -2.35. The predicted octanol–water partition coefficient (Wildman–Crippen LogP) is 5.07. The number of ether oxygens (including phenoxy) is 1. The zero-order chi connectivity index (χ0) is 20.3. The standard InChI is InChI=1S/C19H19Cl4N3O2/c1-28-13-4-2-12(3-5-13)26-8-6-25(7-9-26)11-16(27)24-19-17(22)14(20)10-15(21)18(19)23/h2-5,10H,6-9,11H2,1H3,(H,24,27). The maximum atomic E-state index is 12.4. The SMILES string of the molecule is COc1ccc(N2CCN(CC(=O)Nc3c(Cl)c(Cl)cc(Cl)c3Cl)CC2)cc1. The summed E-state index contributed by atoms with van der Waals surface area (Å²) < 4.78 is 5.19. The van der Waals surface area contributed by atoms with E-state index in [9.17, 15) is 4.79 Å². The Hall–Kier alpha value is -1.37. The van der Waals surface area contributed by atoms with Crippen molar-refractivity contribution in [3.63, 3.8) is 0 Å². The monoisotopic (exact) mass is 461 g/mol. The number of nitrogens with one attached hydrogen (secondary N) is 1. The van der Waals surface area contributed by atoms with Gasteiger partial charge in [0.05, 0.1) is 39.4 Å². The third kappa shape index (κ3) is 4.97. The van der Waals surface area contributed by atoms with Gasteiger partial charge in [-0.3, -0.25) is 9.69 Å². The summed E-state index contributed by atoms with van der Waals surface area (Å²) in [5, 5.41) is 3.54. The van der Waals surface area contributed by atoms with Crippen LogP contribution in [0.2, 0.25) is 20.1 Å². The van der Waals surface area contributed by atoms with Crippen molar-refractivity contribution >= 4 is 63.7 Å². The van der Waals surface area contributed by atoms with Crippen LogP contribution in [0, 0.1) is 0 Å². The fraction of sp³-hybridized carbons (Fsp3) is 0.316. The second-order valence-electron chi connectivity index (χ2n) is 6.35. The first kappa shape index (κ1) is 21.3. The van der Waals surface area contributed by atoms with Crippen LogP contribution in [-0.2, 0) is 4.79 Å². The zero-order valence-electron chi connectivity index (χ0n) is 15.1. The van der Waals surface area contributed by atoms with E-state index in [1.807, 2.05) is 24.3 Å². The van der Waals surface area contributed by atoms with Crippen LogP contribution in [0.1, 0.15) is 0 Å². The highest BCUT2D eigenvalue weighted by Gasteiger charge is 2.21. The second kappa shape index (κ2) is 9.42. The molecule has 1 saturated heterocycles. The molecule has 2 aromatic carbocycles. The number of hydrogen-bond acceptors (Lipinski definition) is 4. The lowest BCUT2D eigenvalue weighted by Crippen LogP contribution is -2.48. The smallest absolute Gasteiger partial charge is 0.238 e. The van der Waals surface area contributed by atoms with Crippen molar-refractivity contribution in [3.8, 4) is 5.75 Å². The Labute approximate surface area is 184 Å². The van der Waals surface area contributed by atoms with E-state index in [4.69, 9.17) is 51.1 Å². The molecule has 2 aromatic rings. The van der Waals surface area contributed by atoms with Gasteiger partial charge in [0.2, 0.25) is 5.91 Å². The topological polar surface area (TPSA) is 44.8 Å². The summed E-state index contributed by atoms with van der Waals surface area (Å²) >= 11 is 24.3. The van der Waals surface area contributed by atoms with E-state index in [1.165, 1.54) is 6.07 Å². The average molecular weight is 463 g/mol. The molecule has 0 radical (unpaired) electrons. The molecule has 1 fully saturated rings. The summed E-state index contributed by atoms with van der Waals surface area (Å²) in [4.78, 5) is 16.8. The first-order chi connectivity index (χ1) is 13.4. The van der Waals surface area contributed by atoms with E-state index >= 15 is 0 Å². The minimum absolute atomic E-state index is 0.175. The first-order valence-electron chi connectivity index (χ1n) is 8.63. The number of nitrogens with zero attached hydrogens (tertiary/aromatic N) is 2. The average Bonchev–Trinajstić information content (AvgIpc) is 2.70. The van der Waals surface area contributed by atoms with Crippen LogP contribution in [0.25, 0.3) is 0 Å². The number of benzene rings is 2. The fourth-order valence-corrected chi connectivity index (χ4v) is 3.93. The third-order valence-corrected chi connectivity index (χ3v) is 6.13. The van der Waals surface area contributed by atoms with Crippen LogP contribution in [0.3, 0.4) is 0 Å². The van der Waals surface area contributed by atoms with Crippen molar-refractivity contribution in [1.82, 2.24) is 4.90 Å². The lowest BCUT2D eigenvalue weighted by atomic mass is 10.2. The number of carbonyl (C=O) groups is 1. The summed E-state index contributed by atoms with van der Waals surface area (Å²) in [5.74, 6) is 0.609. The van der Waals surface area contributed by atoms with E-state index in [0.29, 0.717) is 0 Å². The Morgan fingerprint density at radius 3 is 2.11 bits per heavy atom. The molecule has 9 heteroatoms. The van der Waals surface area contributed by atoms with E-state index < -0.39 is 0 Å². The summed E-state index contributed by atoms with van der Waals surface area (Å²) in [7, 11) is 1.65. The van der Waals surface area contributed by atoms with Crippen LogP contribution < -0.4 is 15.0 Å². The van der Waals surface area contributed by atoms with Gasteiger partial charge in [-0.15, -0.1) is 0 Å². The van der Waals surface area contributed by atoms with Crippen molar-refractivity contribution in [2.45, 2.75) is 0 Å². The Morgan fingerprint density at radius 2 is 1.57 bits per heavy atom. The number of piperazine rings is 1. The predicted molar refractivity (Wildman–Crippen MR) is 117 cm³/mol. The highest BCUT2D eigenvalue weighted by atomic mass is 35.5. The van der Waals surface area contributed by atoms with Crippen LogP contribution in [0.4, 0.5) is 11.4 Å². The van der Waals surface area contributed by atoms with Crippen molar-refractivity contribution in [3.05, 3.63) is 50.4 Å².